The zero-order valence-corrected chi connectivity index (χ0v) is 7.18. The summed E-state index contributed by atoms with van der Waals surface area (Å²) in [4.78, 5) is 0. The minimum absolute atomic E-state index is 0. The molecule has 1 unspecified atom stereocenters. The summed E-state index contributed by atoms with van der Waals surface area (Å²) in [7, 11) is 6.69. The second-order valence-corrected chi connectivity index (χ2v) is 3.37. The Hall–Kier alpha value is -0.0800. The summed E-state index contributed by atoms with van der Waals surface area (Å²) in [6.07, 6.45) is 1.27. The van der Waals surface area contributed by atoms with Gasteiger partial charge >= 0.3 is 0 Å². The van der Waals surface area contributed by atoms with Gasteiger partial charge in [-0.1, -0.05) is 6.92 Å². The van der Waals surface area contributed by atoms with Gasteiger partial charge in [0.25, 0.3) is 0 Å². The largest absolute Gasteiger partial charge is 0.870 e. The van der Waals surface area contributed by atoms with Crippen LogP contribution in [0.5, 0.6) is 0 Å². The molecule has 0 aliphatic carbocycles. The van der Waals surface area contributed by atoms with Crippen LogP contribution in [-0.2, 0) is 0 Å². The summed E-state index contributed by atoms with van der Waals surface area (Å²) < 4.78 is 1.08. The molecule has 0 amide bonds. The minimum Gasteiger partial charge on any atom is -0.870 e. The van der Waals surface area contributed by atoms with Crippen molar-refractivity contribution in [1.29, 1.82) is 0 Å². The molecule has 0 spiro atoms. The van der Waals surface area contributed by atoms with E-state index in [-0.39, 0.29) is 5.48 Å². The van der Waals surface area contributed by atoms with Gasteiger partial charge in [-0.25, -0.2) is 0 Å². The molecule has 0 bridgehead atoms. The molecule has 0 rings (SSSR count). The normalized spacial score (nSPS) is 14.3. The Kier molecular flexibility index (Phi) is 5.00. The maximum absolute atomic E-state index is 2.28. The van der Waals surface area contributed by atoms with Crippen LogP contribution in [0.15, 0.2) is 0 Å². The quantitative estimate of drug-likeness (QED) is 0.522. The van der Waals surface area contributed by atoms with E-state index in [0.717, 1.165) is 10.5 Å². The van der Waals surface area contributed by atoms with Crippen LogP contribution >= 0.6 is 0 Å². The van der Waals surface area contributed by atoms with E-state index in [2.05, 4.69) is 35.0 Å². The molecule has 0 aromatic rings. The van der Waals surface area contributed by atoms with Gasteiger partial charge in [0, 0.05) is 0 Å². The van der Waals surface area contributed by atoms with Gasteiger partial charge in [0.05, 0.1) is 27.2 Å². The lowest BCUT2D eigenvalue weighted by Crippen LogP contribution is -2.42. The highest BCUT2D eigenvalue weighted by Crippen LogP contribution is 2.04. The minimum atomic E-state index is 0. The van der Waals surface area contributed by atoms with Crippen LogP contribution in [0.1, 0.15) is 20.3 Å². The summed E-state index contributed by atoms with van der Waals surface area (Å²) in [6, 6.07) is 0.787. The fraction of sp³-hybridized carbons (Fsp3) is 1.00. The van der Waals surface area contributed by atoms with Crippen LogP contribution in [0.3, 0.4) is 0 Å². The number of nitrogens with zero attached hydrogens (tertiary/aromatic N) is 1. The molecular weight excluding hydrogens is 114 g/mol. The van der Waals surface area contributed by atoms with Crippen molar-refractivity contribution < 1.29 is 9.96 Å². The first-order chi connectivity index (χ1) is 3.48. The van der Waals surface area contributed by atoms with E-state index in [9.17, 15) is 0 Å². The third-order valence-corrected chi connectivity index (χ3v) is 1.91. The Balaban J connectivity index is 0. The molecule has 0 saturated carbocycles. The van der Waals surface area contributed by atoms with E-state index in [1.807, 2.05) is 0 Å². The smallest absolute Gasteiger partial charge is 0.0852 e. The Bertz CT molecular complexity index is 65.8. The maximum Gasteiger partial charge on any atom is 0.0852 e. The highest BCUT2D eigenvalue weighted by molar-refractivity contribution is 4.41. The van der Waals surface area contributed by atoms with Crippen LogP contribution in [-0.4, -0.2) is 37.1 Å². The lowest BCUT2D eigenvalue weighted by molar-refractivity contribution is -0.894. The molecule has 0 radical (unpaired) electrons. The van der Waals surface area contributed by atoms with E-state index in [1.54, 1.807) is 0 Å². The summed E-state index contributed by atoms with van der Waals surface area (Å²) >= 11 is 0. The van der Waals surface area contributed by atoms with Gasteiger partial charge in [0.15, 0.2) is 0 Å². The standard InChI is InChI=1S/C7H18N.H2O/c1-6-7(2)8(3,4)5;/h7H,6H2,1-5H3;1H2/q+1;/p-1. The third-order valence-electron chi connectivity index (χ3n) is 1.91. The summed E-state index contributed by atoms with van der Waals surface area (Å²) in [5.41, 5.74) is 0. The first-order valence-electron chi connectivity index (χ1n) is 3.29. The highest BCUT2D eigenvalue weighted by Gasteiger charge is 2.14. The summed E-state index contributed by atoms with van der Waals surface area (Å²) in [6.45, 7) is 4.51. The molecule has 0 aliphatic heterocycles. The number of hydrogen-bond donors (Lipinski definition) is 0. The third kappa shape index (κ3) is 4.43. The average molecular weight is 133 g/mol. The number of quaternary nitrogens is 1. The zero-order chi connectivity index (χ0) is 6.78. The predicted molar refractivity (Wildman–Crippen MR) is 39.7 cm³/mol. The van der Waals surface area contributed by atoms with Crippen molar-refractivity contribution in [3.8, 4) is 0 Å². The second-order valence-electron chi connectivity index (χ2n) is 3.37. The highest BCUT2D eigenvalue weighted by atomic mass is 16.0. The molecule has 2 heteroatoms. The summed E-state index contributed by atoms with van der Waals surface area (Å²) in [5, 5.41) is 0. The Morgan fingerprint density at radius 2 is 1.56 bits per heavy atom. The van der Waals surface area contributed by atoms with Gasteiger partial charge in [-0.2, -0.15) is 0 Å². The molecule has 1 atom stereocenters. The molecule has 9 heavy (non-hydrogen) atoms. The van der Waals surface area contributed by atoms with Crippen molar-refractivity contribution in [3.63, 3.8) is 0 Å². The number of rotatable bonds is 2. The van der Waals surface area contributed by atoms with Gasteiger partial charge in [0.1, 0.15) is 0 Å². The lowest BCUT2D eigenvalue weighted by atomic mass is 10.2. The second kappa shape index (κ2) is 3.85. The Labute approximate surface area is 58.4 Å². The van der Waals surface area contributed by atoms with Crippen LogP contribution < -0.4 is 0 Å². The maximum atomic E-state index is 2.28. The van der Waals surface area contributed by atoms with E-state index >= 15 is 0 Å². The van der Waals surface area contributed by atoms with Crippen molar-refractivity contribution in [2.24, 2.45) is 0 Å². The van der Waals surface area contributed by atoms with Gasteiger partial charge in [-0.15, -0.1) is 0 Å². The Morgan fingerprint density at radius 1 is 1.22 bits per heavy atom. The topological polar surface area (TPSA) is 30.0 Å². The van der Waals surface area contributed by atoms with Crippen molar-refractivity contribution in [2.45, 2.75) is 26.3 Å². The predicted octanol–water partition coefficient (Wildman–Crippen LogP) is 1.31. The van der Waals surface area contributed by atoms with E-state index in [0.29, 0.717) is 0 Å². The van der Waals surface area contributed by atoms with E-state index < -0.39 is 0 Å². The molecule has 58 valence electrons. The van der Waals surface area contributed by atoms with Crippen molar-refractivity contribution in [2.75, 3.05) is 21.1 Å². The first-order valence-corrected chi connectivity index (χ1v) is 3.29. The van der Waals surface area contributed by atoms with Crippen LogP contribution in [0.25, 0.3) is 0 Å². The fourth-order valence-corrected chi connectivity index (χ4v) is 0.548. The van der Waals surface area contributed by atoms with Gasteiger partial charge < -0.3 is 9.96 Å². The fourth-order valence-electron chi connectivity index (χ4n) is 0.548. The van der Waals surface area contributed by atoms with Gasteiger partial charge in [-0.3, -0.25) is 0 Å². The molecule has 2 nitrogen and oxygen atoms in total. The Morgan fingerprint density at radius 3 is 1.56 bits per heavy atom. The van der Waals surface area contributed by atoms with E-state index in [4.69, 9.17) is 0 Å². The first kappa shape index (κ1) is 11.7. The molecule has 1 N–H and O–H groups in total. The van der Waals surface area contributed by atoms with Crippen LogP contribution in [0.4, 0.5) is 0 Å². The lowest BCUT2D eigenvalue weighted by Gasteiger charge is -2.30. The molecular formula is C7H19NO. The zero-order valence-electron chi connectivity index (χ0n) is 7.18. The summed E-state index contributed by atoms with van der Waals surface area (Å²) in [5.74, 6) is 0. The van der Waals surface area contributed by atoms with Crippen molar-refractivity contribution in [1.82, 2.24) is 0 Å². The van der Waals surface area contributed by atoms with Crippen LogP contribution in [0.2, 0.25) is 0 Å². The molecule has 0 heterocycles. The molecule has 0 fully saturated rings. The van der Waals surface area contributed by atoms with Crippen molar-refractivity contribution >= 4 is 0 Å². The van der Waals surface area contributed by atoms with Gasteiger partial charge in [-0.05, 0) is 13.3 Å². The van der Waals surface area contributed by atoms with E-state index in [1.165, 1.54) is 6.42 Å². The van der Waals surface area contributed by atoms with Crippen molar-refractivity contribution in [3.05, 3.63) is 0 Å². The molecule has 0 aromatic heterocycles. The molecule has 0 aliphatic rings. The monoisotopic (exact) mass is 133 g/mol. The molecule has 0 aromatic carbocycles. The van der Waals surface area contributed by atoms with Gasteiger partial charge in [0.2, 0.25) is 0 Å². The average Bonchev–Trinajstić information content (AvgIpc) is 1.62. The SMILES string of the molecule is CCC(C)[N+](C)(C)C.[OH-]. The number of hydrogen-bond acceptors (Lipinski definition) is 1. The molecule has 0 saturated heterocycles. The van der Waals surface area contributed by atoms with Crippen LogP contribution in [0, 0.1) is 0 Å².